The number of benzene rings is 3. The van der Waals surface area contributed by atoms with Crippen molar-refractivity contribution in [2.24, 2.45) is 5.10 Å². The SMILES string of the molecule is CCc1ccc2oc(-c3ccc(C)cc3)cc(=NNc3nc4ccccc4[nH]3)c2c1. The summed E-state index contributed by atoms with van der Waals surface area (Å²) in [6.45, 7) is 4.22. The number of para-hydroxylation sites is 2. The van der Waals surface area contributed by atoms with Gasteiger partial charge in [0.25, 0.3) is 0 Å². The topological polar surface area (TPSA) is 66.2 Å². The molecule has 0 saturated carbocycles. The molecule has 0 spiro atoms. The van der Waals surface area contributed by atoms with Gasteiger partial charge >= 0.3 is 0 Å². The van der Waals surface area contributed by atoms with Gasteiger partial charge in [0.1, 0.15) is 11.3 Å². The minimum absolute atomic E-state index is 0.605. The van der Waals surface area contributed by atoms with E-state index in [0.717, 1.165) is 45.1 Å². The fourth-order valence-electron chi connectivity index (χ4n) is 3.51. The second-order valence-corrected chi connectivity index (χ2v) is 7.37. The minimum atomic E-state index is 0.605. The molecular formula is C25H22N4O. The van der Waals surface area contributed by atoms with E-state index < -0.39 is 0 Å². The van der Waals surface area contributed by atoms with Crippen LogP contribution >= 0.6 is 0 Å². The highest BCUT2D eigenvalue weighted by Crippen LogP contribution is 2.23. The van der Waals surface area contributed by atoms with Crippen LogP contribution < -0.4 is 10.8 Å². The van der Waals surface area contributed by atoms with Gasteiger partial charge in [0.15, 0.2) is 0 Å². The summed E-state index contributed by atoms with van der Waals surface area (Å²) < 4.78 is 6.22. The minimum Gasteiger partial charge on any atom is -0.456 e. The number of anilines is 1. The van der Waals surface area contributed by atoms with Gasteiger partial charge in [0.05, 0.1) is 16.4 Å². The molecule has 0 fully saturated rings. The molecule has 0 bridgehead atoms. The lowest BCUT2D eigenvalue weighted by Crippen LogP contribution is -2.08. The Kier molecular flexibility index (Phi) is 4.56. The van der Waals surface area contributed by atoms with E-state index in [1.54, 1.807) is 0 Å². The van der Waals surface area contributed by atoms with E-state index in [1.807, 2.05) is 36.4 Å². The van der Waals surface area contributed by atoms with Gasteiger partial charge in [-0.2, -0.15) is 5.10 Å². The van der Waals surface area contributed by atoms with Crippen LogP contribution in [0.3, 0.4) is 0 Å². The number of nitrogens with zero attached hydrogens (tertiary/aromatic N) is 2. The Balaban J connectivity index is 1.65. The van der Waals surface area contributed by atoms with Gasteiger partial charge in [0, 0.05) is 17.0 Å². The standard InChI is InChI=1S/C25H22N4O/c1-3-17-10-13-23-19(14-17)22(15-24(30-23)18-11-8-16(2)9-12-18)28-29-25-26-20-6-4-5-7-21(20)27-25/h4-15H,3H2,1-2H3,(H2,26,27,29). The van der Waals surface area contributed by atoms with Crippen LogP contribution in [-0.2, 0) is 6.42 Å². The Hall–Kier alpha value is -3.86. The molecule has 0 radical (unpaired) electrons. The van der Waals surface area contributed by atoms with E-state index in [-0.39, 0.29) is 0 Å². The van der Waals surface area contributed by atoms with Crippen LogP contribution in [-0.4, -0.2) is 9.97 Å². The molecule has 3 aromatic carbocycles. The molecule has 5 nitrogen and oxygen atoms in total. The summed E-state index contributed by atoms with van der Waals surface area (Å²) in [5.74, 6) is 1.38. The monoisotopic (exact) mass is 394 g/mol. The van der Waals surface area contributed by atoms with Crippen LogP contribution in [0.1, 0.15) is 18.1 Å². The zero-order valence-electron chi connectivity index (χ0n) is 16.9. The third-order valence-corrected chi connectivity index (χ3v) is 5.22. The van der Waals surface area contributed by atoms with Crippen LogP contribution in [0.4, 0.5) is 5.95 Å². The first-order valence-corrected chi connectivity index (χ1v) is 10.1. The van der Waals surface area contributed by atoms with Gasteiger partial charge < -0.3 is 9.40 Å². The fraction of sp³-hybridized carbons (Fsp3) is 0.120. The van der Waals surface area contributed by atoms with E-state index in [1.165, 1.54) is 11.1 Å². The molecule has 0 saturated heterocycles. The predicted molar refractivity (Wildman–Crippen MR) is 121 cm³/mol. The molecular weight excluding hydrogens is 372 g/mol. The summed E-state index contributed by atoms with van der Waals surface area (Å²) >= 11 is 0. The molecule has 0 amide bonds. The maximum Gasteiger partial charge on any atom is 0.222 e. The highest BCUT2D eigenvalue weighted by Gasteiger charge is 2.08. The number of aryl methyl sites for hydroxylation is 2. The largest absolute Gasteiger partial charge is 0.456 e. The van der Waals surface area contributed by atoms with Crippen molar-refractivity contribution in [1.82, 2.24) is 9.97 Å². The van der Waals surface area contributed by atoms with Gasteiger partial charge in [0.2, 0.25) is 5.95 Å². The Morgan fingerprint density at radius 3 is 2.63 bits per heavy atom. The molecule has 0 atom stereocenters. The lowest BCUT2D eigenvalue weighted by atomic mass is 10.1. The zero-order valence-corrected chi connectivity index (χ0v) is 16.9. The highest BCUT2D eigenvalue weighted by atomic mass is 16.3. The number of H-pyrrole nitrogens is 1. The van der Waals surface area contributed by atoms with Gasteiger partial charge in [-0.15, -0.1) is 0 Å². The van der Waals surface area contributed by atoms with Crippen molar-refractivity contribution in [1.29, 1.82) is 0 Å². The third kappa shape index (κ3) is 3.46. The number of aromatic amines is 1. The Morgan fingerprint density at radius 1 is 1.00 bits per heavy atom. The molecule has 0 aliphatic heterocycles. The third-order valence-electron chi connectivity index (χ3n) is 5.22. The average molecular weight is 394 g/mol. The first-order chi connectivity index (χ1) is 14.7. The summed E-state index contributed by atoms with van der Waals surface area (Å²) in [7, 11) is 0. The average Bonchev–Trinajstić information content (AvgIpc) is 3.20. The number of nitrogens with one attached hydrogen (secondary N) is 2. The smallest absolute Gasteiger partial charge is 0.222 e. The Bertz CT molecular complexity index is 1380. The van der Waals surface area contributed by atoms with Crippen molar-refractivity contribution >= 4 is 28.0 Å². The van der Waals surface area contributed by atoms with Crippen molar-refractivity contribution in [3.8, 4) is 11.3 Å². The van der Waals surface area contributed by atoms with Crippen LogP contribution in [0.25, 0.3) is 33.3 Å². The second-order valence-electron chi connectivity index (χ2n) is 7.37. The van der Waals surface area contributed by atoms with Crippen molar-refractivity contribution in [3.63, 3.8) is 0 Å². The second kappa shape index (κ2) is 7.52. The molecule has 0 aliphatic carbocycles. The van der Waals surface area contributed by atoms with Crippen molar-refractivity contribution in [3.05, 3.63) is 89.3 Å². The number of hydrogen-bond donors (Lipinski definition) is 2. The zero-order chi connectivity index (χ0) is 20.5. The quantitative estimate of drug-likeness (QED) is 0.380. The summed E-state index contributed by atoms with van der Waals surface area (Å²) in [6.07, 6.45) is 0.950. The van der Waals surface area contributed by atoms with E-state index >= 15 is 0 Å². The van der Waals surface area contributed by atoms with E-state index in [4.69, 9.17) is 4.42 Å². The van der Waals surface area contributed by atoms with E-state index in [0.29, 0.717) is 5.95 Å². The van der Waals surface area contributed by atoms with Crippen LogP contribution in [0.2, 0.25) is 0 Å². The molecule has 30 heavy (non-hydrogen) atoms. The summed E-state index contributed by atoms with van der Waals surface area (Å²) in [4.78, 5) is 7.80. The van der Waals surface area contributed by atoms with E-state index in [2.05, 4.69) is 70.7 Å². The molecule has 0 aliphatic rings. The first kappa shape index (κ1) is 18.2. The number of fused-ring (bicyclic) bond motifs is 2. The molecule has 5 heteroatoms. The number of rotatable bonds is 4. The molecule has 148 valence electrons. The normalized spacial score (nSPS) is 12.0. The summed E-state index contributed by atoms with van der Waals surface area (Å²) in [6, 6.07) is 24.4. The van der Waals surface area contributed by atoms with E-state index in [9.17, 15) is 0 Å². The first-order valence-electron chi connectivity index (χ1n) is 10.1. The molecule has 2 N–H and O–H groups in total. The number of imidazole rings is 1. The molecule has 2 aromatic heterocycles. The Labute approximate surface area is 174 Å². The van der Waals surface area contributed by atoms with Crippen molar-refractivity contribution in [2.75, 3.05) is 5.43 Å². The van der Waals surface area contributed by atoms with Crippen LogP contribution in [0.15, 0.2) is 82.3 Å². The van der Waals surface area contributed by atoms with Gasteiger partial charge in [-0.3, -0.25) is 0 Å². The molecule has 5 aromatic rings. The van der Waals surface area contributed by atoms with Gasteiger partial charge in [-0.25, -0.2) is 10.4 Å². The number of aromatic nitrogens is 2. The highest BCUT2D eigenvalue weighted by molar-refractivity contribution is 5.80. The maximum atomic E-state index is 6.22. The number of hydrogen-bond acceptors (Lipinski definition) is 4. The molecule has 0 unspecified atom stereocenters. The summed E-state index contributed by atoms with van der Waals surface area (Å²) in [5.41, 5.74) is 9.22. The van der Waals surface area contributed by atoms with Crippen LogP contribution in [0.5, 0.6) is 0 Å². The maximum absolute atomic E-state index is 6.22. The van der Waals surface area contributed by atoms with Crippen molar-refractivity contribution in [2.45, 2.75) is 20.3 Å². The van der Waals surface area contributed by atoms with Crippen molar-refractivity contribution < 1.29 is 4.42 Å². The van der Waals surface area contributed by atoms with Gasteiger partial charge in [-0.05, 0) is 43.2 Å². The predicted octanol–water partition coefficient (Wildman–Crippen LogP) is 5.77. The van der Waals surface area contributed by atoms with Crippen LogP contribution in [0, 0.1) is 6.92 Å². The molecule has 2 heterocycles. The lowest BCUT2D eigenvalue weighted by Gasteiger charge is -2.07. The lowest BCUT2D eigenvalue weighted by molar-refractivity contribution is 0.618. The van der Waals surface area contributed by atoms with Gasteiger partial charge in [-0.1, -0.05) is 55.0 Å². The molecule has 5 rings (SSSR count). The summed E-state index contributed by atoms with van der Waals surface area (Å²) in [5, 5.41) is 6.45. The fourth-order valence-corrected chi connectivity index (χ4v) is 3.51. The Morgan fingerprint density at radius 2 is 1.83 bits per heavy atom.